The molecule has 1 atom stereocenters. The Hall–Kier alpha value is -2.55. The summed E-state index contributed by atoms with van der Waals surface area (Å²) in [5.41, 5.74) is 1.45. The fourth-order valence-corrected chi connectivity index (χ4v) is 2.00. The third-order valence-electron chi connectivity index (χ3n) is 3.41. The van der Waals surface area contributed by atoms with Gasteiger partial charge < -0.3 is 9.94 Å². The Labute approximate surface area is 138 Å². The topological polar surface area (TPSA) is 35.3 Å². The monoisotopic (exact) mass is 309 g/mol. The number of nitrogens with zero attached hydrogens (tertiary/aromatic N) is 1. The maximum Gasteiger partial charge on any atom is 0.182 e. The second-order valence-corrected chi connectivity index (χ2v) is 6.38. The number of benzene rings is 2. The smallest absolute Gasteiger partial charge is 0.182 e. The number of hydrogen-bond acceptors (Lipinski definition) is 2. The van der Waals surface area contributed by atoms with E-state index in [1.54, 1.807) is 12.3 Å². The van der Waals surface area contributed by atoms with Crippen LogP contribution in [0, 0.1) is 5.21 Å². The van der Waals surface area contributed by atoms with E-state index in [0.717, 1.165) is 21.6 Å². The molecule has 1 unspecified atom stereocenters. The Balaban J connectivity index is 2.12. The molecule has 0 aliphatic heterocycles. The minimum atomic E-state index is -0.448. The van der Waals surface area contributed by atoms with Crippen molar-refractivity contribution in [3.8, 4) is 5.75 Å². The maximum atomic E-state index is 11.9. The first-order valence-electron chi connectivity index (χ1n) is 7.66. The fraction of sp³-hybridized carbons (Fsp3) is 0.250. The van der Waals surface area contributed by atoms with Gasteiger partial charge in [0.25, 0.3) is 0 Å². The molecule has 3 heteroatoms. The first-order chi connectivity index (χ1) is 10.9. The van der Waals surface area contributed by atoms with Crippen molar-refractivity contribution in [3.63, 3.8) is 0 Å². The molecule has 0 bridgehead atoms. The largest absolute Gasteiger partial charge is 0.623 e. The van der Waals surface area contributed by atoms with Gasteiger partial charge in [0.2, 0.25) is 0 Å². The van der Waals surface area contributed by atoms with Crippen LogP contribution in [0.3, 0.4) is 0 Å². The van der Waals surface area contributed by atoms with Gasteiger partial charge in [-0.05, 0) is 35.9 Å². The molecular weight excluding hydrogens is 286 g/mol. The lowest BCUT2D eigenvalue weighted by Gasteiger charge is -2.19. The summed E-state index contributed by atoms with van der Waals surface area (Å²) < 4.78 is 6.91. The van der Waals surface area contributed by atoms with Gasteiger partial charge in [-0.3, -0.25) is 0 Å². The van der Waals surface area contributed by atoms with Crippen LogP contribution in [-0.4, -0.2) is 16.5 Å². The molecule has 0 spiro atoms. The van der Waals surface area contributed by atoms with E-state index in [1.807, 2.05) is 75.4 Å². The SMILES string of the molecule is C=CC(Oc1ccc(C=[N+]([O-])C(C)(C)C)cc1)c1ccccc1. The Morgan fingerprint density at radius 1 is 1.04 bits per heavy atom. The average molecular weight is 309 g/mol. The summed E-state index contributed by atoms with van der Waals surface area (Å²) in [7, 11) is 0. The molecule has 0 aliphatic rings. The lowest BCUT2D eigenvalue weighted by molar-refractivity contribution is -0.530. The molecule has 0 N–H and O–H groups in total. The molecule has 0 saturated carbocycles. The van der Waals surface area contributed by atoms with Crippen LogP contribution in [0.15, 0.2) is 67.3 Å². The van der Waals surface area contributed by atoms with Gasteiger partial charge in [0.1, 0.15) is 11.9 Å². The van der Waals surface area contributed by atoms with Crippen LogP contribution < -0.4 is 4.74 Å². The first-order valence-corrected chi connectivity index (χ1v) is 7.66. The molecular formula is C20H23NO2. The molecule has 0 fully saturated rings. The highest BCUT2D eigenvalue weighted by Crippen LogP contribution is 2.23. The molecule has 0 heterocycles. The van der Waals surface area contributed by atoms with Crippen molar-refractivity contribution in [2.24, 2.45) is 0 Å². The summed E-state index contributed by atoms with van der Waals surface area (Å²) in [5, 5.41) is 11.9. The van der Waals surface area contributed by atoms with Crippen molar-refractivity contribution in [2.75, 3.05) is 0 Å². The quantitative estimate of drug-likeness (QED) is 0.263. The van der Waals surface area contributed by atoms with Gasteiger partial charge >= 0.3 is 0 Å². The van der Waals surface area contributed by atoms with Crippen LogP contribution in [0.2, 0.25) is 0 Å². The zero-order chi connectivity index (χ0) is 16.9. The fourth-order valence-electron chi connectivity index (χ4n) is 2.00. The van der Waals surface area contributed by atoms with E-state index in [9.17, 15) is 5.21 Å². The van der Waals surface area contributed by atoms with Gasteiger partial charge in [0.05, 0.1) is 0 Å². The van der Waals surface area contributed by atoms with E-state index in [4.69, 9.17) is 4.74 Å². The average Bonchev–Trinajstić information content (AvgIpc) is 2.54. The highest BCUT2D eigenvalue weighted by atomic mass is 16.5. The van der Waals surface area contributed by atoms with Crippen molar-refractivity contribution in [1.29, 1.82) is 0 Å². The summed E-state index contributed by atoms with van der Waals surface area (Å²) in [6.45, 7) is 9.47. The zero-order valence-electron chi connectivity index (χ0n) is 13.9. The Bertz CT molecular complexity index is 667. The molecule has 0 aromatic heterocycles. The van der Waals surface area contributed by atoms with Crippen LogP contribution in [0.4, 0.5) is 0 Å². The minimum Gasteiger partial charge on any atom is -0.623 e. The third kappa shape index (κ3) is 4.71. The van der Waals surface area contributed by atoms with Crippen molar-refractivity contribution in [3.05, 3.63) is 83.6 Å². The number of hydrogen-bond donors (Lipinski definition) is 0. The molecule has 3 nitrogen and oxygen atoms in total. The van der Waals surface area contributed by atoms with E-state index in [1.165, 1.54) is 0 Å². The lowest BCUT2D eigenvalue weighted by Crippen LogP contribution is -2.29. The van der Waals surface area contributed by atoms with E-state index < -0.39 is 5.54 Å². The van der Waals surface area contributed by atoms with E-state index in [0.29, 0.717) is 0 Å². The number of hydroxylamine groups is 1. The molecule has 120 valence electrons. The molecule has 2 aromatic rings. The maximum absolute atomic E-state index is 11.9. The standard InChI is InChI=1S/C20H23NO2/c1-5-19(17-9-7-6-8-10-17)23-18-13-11-16(12-14-18)15-21(22)20(2,3)4/h5-15,19H,1H2,2-4H3. The van der Waals surface area contributed by atoms with E-state index >= 15 is 0 Å². The van der Waals surface area contributed by atoms with Crippen LogP contribution in [0.1, 0.15) is 38.0 Å². The Kier molecular flexibility index (Phi) is 5.22. The van der Waals surface area contributed by atoms with Crippen molar-refractivity contribution < 1.29 is 9.48 Å². The van der Waals surface area contributed by atoms with Crippen molar-refractivity contribution >= 4 is 6.21 Å². The molecule has 0 aliphatic carbocycles. The second kappa shape index (κ2) is 7.14. The summed E-state index contributed by atoms with van der Waals surface area (Å²) in [6.07, 6.45) is 3.16. The summed E-state index contributed by atoms with van der Waals surface area (Å²) >= 11 is 0. The normalized spacial score (nSPS) is 13.4. The van der Waals surface area contributed by atoms with Gasteiger partial charge in [-0.2, -0.15) is 0 Å². The highest BCUT2D eigenvalue weighted by Gasteiger charge is 2.18. The summed E-state index contributed by atoms with van der Waals surface area (Å²) in [4.78, 5) is 0. The number of ether oxygens (including phenoxy) is 1. The van der Waals surface area contributed by atoms with Gasteiger partial charge in [-0.15, -0.1) is 0 Å². The second-order valence-electron chi connectivity index (χ2n) is 6.38. The van der Waals surface area contributed by atoms with Gasteiger partial charge in [0.15, 0.2) is 11.8 Å². The predicted molar refractivity (Wildman–Crippen MR) is 95.0 cm³/mol. The van der Waals surface area contributed by atoms with Gasteiger partial charge in [-0.1, -0.05) is 36.9 Å². The highest BCUT2D eigenvalue weighted by molar-refractivity contribution is 5.76. The number of rotatable bonds is 5. The summed E-state index contributed by atoms with van der Waals surface area (Å²) in [6, 6.07) is 17.4. The first kappa shape index (κ1) is 16.8. The van der Waals surface area contributed by atoms with Crippen LogP contribution >= 0.6 is 0 Å². The Morgan fingerprint density at radius 2 is 1.65 bits per heavy atom. The molecule has 0 amide bonds. The molecule has 2 rings (SSSR count). The van der Waals surface area contributed by atoms with Crippen LogP contribution in [0.5, 0.6) is 5.75 Å². The molecule has 0 saturated heterocycles. The van der Waals surface area contributed by atoms with Crippen LogP contribution in [-0.2, 0) is 0 Å². The zero-order valence-corrected chi connectivity index (χ0v) is 13.9. The van der Waals surface area contributed by atoms with Gasteiger partial charge in [-0.25, -0.2) is 4.74 Å². The van der Waals surface area contributed by atoms with Crippen molar-refractivity contribution in [2.45, 2.75) is 32.4 Å². The Morgan fingerprint density at radius 3 is 2.17 bits per heavy atom. The lowest BCUT2D eigenvalue weighted by atomic mass is 10.1. The van der Waals surface area contributed by atoms with Crippen molar-refractivity contribution in [1.82, 2.24) is 0 Å². The van der Waals surface area contributed by atoms with E-state index in [2.05, 4.69) is 6.58 Å². The third-order valence-corrected chi connectivity index (χ3v) is 3.41. The minimum absolute atomic E-state index is 0.198. The van der Waals surface area contributed by atoms with Gasteiger partial charge in [0, 0.05) is 26.3 Å². The molecule has 0 radical (unpaired) electrons. The van der Waals surface area contributed by atoms with E-state index in [-0.39, 0.29) is 6.10 Å². The predicted octanol–water partition coefficient (Wildman–Crippen LogP) is 4.72. The summed E-state index contributed by atoms with van der Waals surface area (Å²) in [5.74, 6) is 0.740. The molecule has 2 aromatic carbocycles. The van der Waals surface area contributed by atoms with Crippen LogP contribution in [0.25, 0.3) is 0 Å². The molecule has 23 heavy (non-hydrogen) atoms.